The number of imidazole rings is 1. The molecule has 78 valence electrons. The van der Waals surface area contributed by atoms with Crippen LogP contribution in [0, 0.1) is 0 Å². The second kappa shape index (κ2) is 4.92. The lowest BCUT2D eigenvalue weighted by Gasteiger charge is -2.03. The van der Waals surface area contributed by atoms with Crippen LogP contribution in [0.4, 0.5) is 0 Å². The van der Waals surface area contributed by atoms with Crippen molar-refractivity contribution in [1.29, 1.82) is 0 Å². The molecule has 0 aliphatic heterocycles. The molecule has 5 heteroatoms. The first-order valence-corrected chi connectivity index (χ1v) is 6.06. The first kappa shape index (κ1) is 10.9. The minimum atomic E-state index is 0.584. The van der Waals surface area contributed by atoms with E-state index in [-0.39, 0.29) is 0 Å². The van der Waals surface area contributed by atoms with Crippen LogP contribution < -0.4 is 0 Å². The van der Waals surface area contributed by atoms with E-state index in [9.17, 15) is 0 Å². The Morgan fingerprint density at radius 2 is 2.20 bits per heavy atom. The van der Waals surface area contributed by atoms with Crippen LogP contribution in [0.5, 0.6) is 0 Å². The van der Waals surface area contributed by atoms with E-state index in [1.54, 1.807) is 30.2 Å². The van der Waals surface area contributed by atoms with E-state index in [2.05, 4.69) is 9.97 Å². The molecular formula is C10H8Cl2N2S. The van der Waals surface area contributed by atoms with Gasteiger partial charge in [-0.2, -0.15) is 0 Å². The van der Waals surface area contributed by atoms with Gasteiger partial charge in [0.25, 0.3) is 0 Å². The molecule has 0 aliphatic rings. The summed E-state index contributed by atoms with van der Waals surface area (Å²) >= 11 is 13.6. The summed E-state index contributed by atoms with van der Waals surface area (Å²) in [5.74, 6) is 1.68. The van der Waals surface area contributed by atoms with Gasteiger partial charge in [0.15, 0.2) is 0 Å². The highest BCUT2D eigenvalue weighted by atomic mass is 35.5. The van der Waals surface area contributed by atoms with Crippen molar-refractivity contribution in [3.8, 4) is 0 Å². The molecule has 0 spiro atoms. The molecular weight excluding hydrogens is 251 g/mol. The van der Waals surface area contributed by atoms with Crippen molar-refractivity contribution in [2.75, 3.05) is 0 Å². The van der Waals surface area contributed by atoms with Crippen LogP contribution in [0.3, 0.4) is 0 Å². The van der Waals surface area contributed by atoms with Crippen molar-refractivity contribution in [3.05, 3.63) is 46.5 Å². The van der Waals surface area contributed by atoms with Crippen LogP contribution in [0.2, 0.25) is 10.0 Å². The monoisotopic (exact) mass is 258 g/mol. The Morgan fingerprint density at radius 3 is 2.93 bits per heavy atom. The molecule has 1 aromatic heterocycles. The van der Waals surface area contributed by atoms with E-state index < -0.39 is 0 Å². The van der Waals surface area contributed by atoms with Crippen molar-refractivity contribution < 1.29 is 0 Å². The smallest absolute Gasteiger partial charge is 0.116 e. The molecule has 0 saturated carbocycles. The van der Waals surface area contributed by atoms with Crippen molar-refractivity contribution >= 4 is 35.0 Å². The predicted molar refractivity (Wildman–Crippen MR) is 64.6 cm³/mol. The molecule has 2 nitrogen and oxygen atoms in total. The van der Waals surface area contributed by atoms with Gasteiger partial charge in [-0.25, -0.2) is 4.98 Å². The zero-order valence-corrected chi connectivity index (χ0v) is 10.0. The number of halogens is 2. The summed E-state index contributed by atoms with van der Waals surface area (Å²) in [4.78, 5) is 8.14. The van der Waals surface area contributed by atoms with Gasteiger partial charge in [0, 0.05) is 17.3 Å². The van der Waals surface area contributed by atoms with E-state index >= 15 is 0 Å². The largest absolute Gasteiger partial charge is 0.348 e. The number of H-pyrrole nitrogens is 1. The number of benzene rings is 1. The van der Waals surface area contributed by atoms with Gasteiger partial charge in [0.1, 0.15) is 5.82 Å². The summed E-state index contributed by atoms with van der Waals surface area (Å²) in [5, 5.41) is 1.19. The minimum Gasteiger partial charge on any atom is -0.348 e. The molecule has 2 aromatic rings. The van der Waals surface area contributed by atoms with Crippen LogP contribution in [0.1, 0.15) is 5.82 Å². The van der Waals surface area contributed by atoms with Crippen LogP contribution in [0.25, 0.3) is 0 Å². The summed E-state index contributed by atoms with van der Waals surface area (Å²) in [6, 6.07) is 5.61. The van der Waals surface area contributed by atoms with E-state index in [1.807, 2.05) is 12.1 Å². The van der Waals surface area contributed by atoms with Crippen LogP contribution in [-0.2, 0) is 5.75 Å². The normalized spacial score (nSPS) is 10.5. The number of nitrogens with one attached hydrogen (secondary N) is 1. The lowest BCUT2D eigenvalue weighted by atomic mass is 10.4. The third-order valence-corrected chi connectivity index (χ3v) is 3.84. The molecule has 0 atom stereocenters. The summed E-state index contributed by atoms with van der Waals surface area (Å²) in [7, 11) is 0. The summed E-state index contributed by atoms with van der Waals surface area (Å²) in [6.45, 7) is 0. The molecule has 1 aromatic carbocycles. The highest BCUT2D eigenvalue weighted by Gasteiger charge is 2.05. The van der Waals surface area contributed by atoms with Gasteiger partial charge in [0.2, 0.25) is 0 Å². The fourth-order valence-corrected chi connectivity index (χ4v) is 2.50. The SMILES string of the molecule is Clc1cccc(SCc2ncc[nH]2)c1Cl. The third-order valence-electron chi connectivity index (χ3n) is 1.84. The average Bonchev–Trinajstić information content (AvgIpc) is 2.73. The number of aromatic amines is 1. The van der Waals surface area contributed by atoms with Gasteiger partial charge in [0.05, 0.1) is 15.8 Å². The maximum atomic E-state index is 6.05. The topological polar surface area (TPSA) is 28.7 Å². The Kier molecular flexibility index (Phi) is 3.57. The Morgan fingerprint density at radius 1 is 1.33 bits per heavy atom. The van der Waals surface area contributed by atoms with Crippen LogP contribution in [0.15, 0.2) is 35.5 Å². The van der Waals surface area contributed by atoms with Crippen molar-refractivity contribution in [3.63, 3.8) is 0 Å². The fourth-order valence-electron chi connectivity index (χ4n) is 1.12. The molecule has 2 rings (SSSR count). The number of hydrogen-bond donors (Lipinski definition) is 1. The number of thioether (sulfide) groups is 1. The Bertz CT molecular complexity index is 443. The predicted octanol–water partition coefficient (Wildman–Crippen LogP) is 4.01. The first-order valence-electron chi connectivity index (χ1n) is 4.32. The Labute approximate surface area is 102 Å². The summed E-state index contributed by atoms with van der Waals surface area (Å²) in [6.07, 6.45) is 3.53. The van der Waals surface area contributed by atoms with Gasteiger partial charge >= 0.3 is 0 Å². The van der Waals surface area contributed by atoms with Crippen molar-refractivity contribution in [1.82, 2.24) is 9.97 Å². The number of hydrogen-bond acceptors (Lipinski definition) is 2. The van der Waals surface area contributed by atoms with Gasteiger partial charge in [-0.15, -0.1) is 11.8 Å². The highest BCUT2D eigenvalue weighted by molar-refractivity contribution is 7.98. The average molecular weight is 259 g/mol. The van der Waals surface area contributed by atoms with Gasteiger partial charge in [-0.1, -0.05) is 29.3 Å². The standard InChI is InChI=1S/C10H8Cl2N2S/c11-7-2-1-3-8(10(7)12)15-6-9-13-4-5-14-9/h1-5H,6H2,(H,13,14). The first-order chi connectivity index (χ1) is 7.27. The molecule has 1 N–H and O–H groups in total. The highest BCUT2D eigenvalue weighted by Crippen LogP contribution is 2.33. The molecule has 0 saturated heterocycles. The number of rotatable bonds is 3. The Balaban J connectivity index is 2.08. The number of nitrogens with zero attached hydrogens (tertiary/aromatic N) is 1. The molecule has 0 aliphatic carbocycles. The molecule has 0 fully saturated rings. The fraction of sp³-hybridized carbons (Fsp3) is 0.100. The zero-order chi connectivity index (χ0) is 10.7. The molecule has 0 amide bonds. The van der Waals surface area contributed by atoms with E-state index in [0.29, 0.717) is 10.0 Å². The van der Waals surface area contributed by atoms with E-state index in [4.69, 9.17) is 23.2 Å². The third kappa shape index (κ3) is 2.68. The van der Waals surface area contributed by atoms with Gasteiger partial charge in [-0.05, 0) is 12.1 Å². The van der Waals surface area contributed by atoms with Gasteiger partial charge < -0.3 is 4.98 Å². The van der Waals surface area contributed by atoms with Crippen molar-refractivity contribution in [2.24, 2.45) is 0 Å². The van der Waals surface area contributed by atoms with Crippen LogP contribution in [-0.4, -0.2) is 9.97 Å². The second-order valence-corrected chi connectivity index (χ2v) is 4.68. The quantitative estimate of drug-likeness (QED) is 0.843. The zero-order valence-electron chi connectivity index (χ0n) is 7.71. The second-order valence-electron chi connectivity index (χ2n) is 2.88. The summed E-state index contributed by atoms with van der Waals surface area (Å²) < 4.78 is 0. The number of aromatic nitrogens is 2. The molecule has 0 bridgehead atoms. The lowest BCUT2D eigenvalue weighted by Crippen LogP contribution is -1.83. The van der Waals surface area contributed by atoms with Gasteiger partial charge in [-0.3, -0.25) is 0 Å². The maximum Gasteiger partial charge on any atom is 0.116 e. The van der Waals surface area contributed by atoms with Crippen LogP contribution >= 0.6 is 35.0 Å². The Hall–Kier alpha value is -0.640. The maximum absolute atomic E-state index is 6.05. The van der Waals surface area contributed by atoms with E-state index in [0.717, 1.165) is 16.5 Å². The summed E-state index contributed by atoms with van der Waals surface area (Å²) in [5.41, 5.74) is 0. The molecule has 0 radical (unpaired) electrons. The molecule has 1 heterocycles. The molecule has 0 unspecified atom stereocenters. The lowest BCUT2D eigenvalue weighted by molar-refractivity contribution is 1.12. The van der Waals surface area contributed by atoms with E-state index in [1.165, 1.54) is 0 Å². The molecule has 15 heavy (non-hydrogen) atoms. The minimum absolute atomic E-state index is 0.584. The van der Waals surface area contributed by atoms with Crippen molar-refractivity contribution in [2.45, 2.75) is 10.6 Å².